The first kappa shape index (κ1) is 23.2. The molecule has 0 saturated heterocycles. The third kappa shape index (κ3) is 5.50. The van der Waals surface area contributed by atoms with Crippen LogP contribution in [0.3, 0.4) is 0 Å². The van der Waals surface area contributed by atoms with Gasteiger partial charge in [0, 0.05) is 16.8 Å². The first-order chi connectivity index (χ1) is 15.9. The lowest BCUT2D eigenvalue weighted by atomic mass is 10.2. The number of benzene rings is 2. The summed E-state index contributed by atoms with van der Waals surface area (Å²) in [6.07, 6.45) is 1.60. The van der Waals surface area contributed by atoms with E-state index in [2.05, 4.69) is 15.4 Å². The zero-order chi connectivity index (χ0) is 23.4. The fourth-order valence-corrected chi connectivity index (χ4v) is 5.44. The molecule has 12 heteroatoms. The summed E-state index contributed by atoms with van der Waals surface area (Å²) in [5.41, 5.74) is 4.08. The zero-order valence-electron chi connectivity index (χ0n) is 17.6. The van der Waals surface area contributed by atoms with E-state index in [0.29, 0.717) is 26.8 Å². The van der Waals surface area contributed by atoms with Crippen molar-refractivity contribution in [2.24, 2.45) is 0 Å². The molecule has 0 bridgehead atoms. The van der Waals surface area contributed by atoms with Gasteiger partial charge < -0.3 is 19.6 Å². The molecule has 0 aliphatic carbocycles. The van der Waals surface area contributed by atoms with Crippen LogP contribution in [0.1, 0.15) is 11.1 Å². The second-order valence-corrected chi connectivity index (χ2v) is 10.1. The summed E-state index contributed by atoms with van der Waals surface area (Å²) in [5.74, 6) is 0.820. The number of hydrogen-bond donors (Lipinski definition) is 1. The van der Waals surface area contributed by atoms with Crippen LogP contribution in [-0.2, 0) is 15.8 Å². The van der Waals surface area contributed by atoms with Crippen molar-refractivity contribution in [3.63, 3.8) is 0 Å². The number of para-hydroxylation sites is 1. The van der Waals surface area contributed by atoms with Gasteiger partial charge in [-0.25, -0.2) is 8.42 Å². The number of nitrogens with zero attached hydrogens (tertiary/aromatic N) is 3. The maximum Gasteiger partial charge on any atom is 0.328 e. The van der Waals surface area contributed by atoms with Crippen molar-refractivity contribution in [1.82, 2.24) is 19.2 Å². The number of nitrogens with one attached hydrogen (secondary N) is 1. The van der Waals surface area contributed by atoms with E-state index in [1.165, 1.54) is 20.3 Å². The van der Waals surface area contributed by atoms with E-state index >= 15 is 0 Å². The van der Waals surface area contributed by atoms with E-state index in [4.69, 9.17) is 25.8 Å². The summed E-state index contributed by atoms with van der Waals surface area (Å²) in [6, 6.07) is 15.4. The summed E-state index contributed by atoms with van der Waals surface area (Å²) >= 11 is 6.92. The normalized spacial score (nSPS) is 13.8. The number of methoxy groups -OCH3 is 2. The molecule has 1 N–H and O–H groups in total. The molecule has 0 fully saturated rings. The molecule has 33 heavy (non-hydrogen) atoms. The molecule has 1 aliphatic heterocycles. The van der Waals surface area contributed by atoms with E-state index < -0.39 is 10.0 Å². The molecule has 4 rings (SSSR count). The van der Waals surface area contributed by atoms with Gasteiger partial charge in [0.15, 0.2) is 0 Å². The highest BCUT2D eigenvalue weighted by molar-refractivity contribution is 8.14. The standard InChI is InChI=1S/C21H19ClN4O5S2/c1-29-19-11-20(30-2)25-21(24-19)31-17-6-4-3-5-16(17)18-12-23-26(32-18)33(27,28)13-14-7-9-15(22)10-8-14/h3-12,23H,13H2,1-2H3. The van der Waals surface area contributed by atoms with Gasteiger partial charge in [-0.2, -0.15) is 9.97 Å². The van der Waals surface area contributed by atoms with Gasteiger partial charge in [0.25, 0.3) is 0 Å². The van der Waals surface area contributed by atoms with Gasteiger partial charge in [-0.05, 0) is 41.8 Å². The third-order valence-electron chi connectivity index (χ3n) is 4.43. The molecule has 1 aliphatic rings. The van der Waals surface area contributed by atoms with Gasteiger partial charge in [0.1, 0.15) is 5.75 Å². The average Bonchev–Trinajstić information content (AvgIpc) is 3.32. The lowest BCUT2D eigenvalue weighted by Gasteiger charge is -2.16. The fourth-order valence-electron chi connectivity index (χ4n) is 2.86. The minimum Gasteiger partial charge on any atom is -0.481 e. The molecule has 0 saturated carbocycles. The maximum absolute atomic E-state index is 12.9. The van der Waals surface area contributed by atoms with E-state index in [-0.39, 0.29) is 23.5 Å². The first-order valence-electron chi connectivity index (χ1n) is 9.54. The van der Waals surface area contributed by atoms with Gasteiger partial charge >= 0.3 is 6.01 Å². The highest BCUT2D eigenvalue weighted by Crippen LogP contribution is 2.41. The van der Waals surface area contributed by atoms with Crippen LogP contribution in [0, 0.1) is 0 Å². The Morgan fingerprint density at radius 2 is 1.70 bits per heavy atom. The van der Waals surface area contributed by atoms with Crippen LogP contribution >= 0.6 is 23.5 Å². The number of rotatable bonds is 8. The number of sulfonamides is 1. The molecular weight excluding hydrogens is 488 g/mol. The Balaban J connectivity index is 1.53. The second-order valence-electron chi connectivity index (χ2n) is 6.67. The summed E-state index contributed by atoms with van der Waals surface area (Å²) in [5, 5.41) is 0.544. The van der Waals surface area contributed by atoms with Crippen LogP contribution in [0.15, 0.2) is 60.8 Å². The van der Waals surface area contributed by atoms with E-state index in [9.17, 15) is 8.42 Å². The topological polar surface area (TPSA) is 103 Å². The van der Waals surface area contributed by atoms with Crippen LogP contribution in [-0.4, -0.2) is 36.4 Å². The van der Waals surface area contributed by atoms with Crippen molar-refractivity contribution in [2.45, 2.75) is 5.75 Å². The lowest BCUT2D eigenvalue weighted by Crippen LogP contribution is -2.31. The summed E-state index contributed by atoms with van der Waals surface area (Å²) in [4.78, 5) is 8.99. The Morgan fingerprint density at radius 3 is 2.36 bits per heavy atom. The molecule has 2 heterocycles. The van der Waals surface area contributed by atoms with Crippen LogP contribution in [0.2, 0.25) is 5.02 Å². The molecule has 0 spiro atoms. The Bertz CT molecular complexity index is 1260. The number of hydrazine groups is 1. The predicted octanol–water partition coefficient (Wildman–Crippen LogP) is 4.24. The highest BCUT2D eigenvalue weighted by Gasteiger charge is 2.30. The van der Waals surface area contributed by atoms with Crippen molar-refractivity contribution in [3.8, 4) is 23.5 Å². The van der Waals surface area contributed by atoms with E-state index in [1.807, 2.05) is 12.1 Å². The van der Waals surface area contributed by atoms with Gasteiger partial charge in [-0.15, -0.1) is 0 Å². The molecule has 0 unspecified atom stereocenters. The number of ether oxygens (including phenoxy) is 3. The second kappa shape index (κ2) is 9.87. The molecule has 0 amide bonds. The first-order valence-corrected chi connectivity index (χ1v) is 12.3. The summed E-state index contributed by atoms with van der Waals surface area (Å²) in [6.45, 7) is 0. The van der Waals surface area contributed by atoms with Crippen LogP contribution < -0.4 is 19.6 Å². The quantitative estimate of drug-likeness (QED) is 0.449. The largest absolute Gasteiger partial charge is 0.481 e. The average molecular weight is 507 g/mol. The highest BCUT2D eigenvalue weighted by atomic mass is 35.5. The number of aromatic nitrogens is 2. The number of halogens is 1. The fraction of sp³-hybridized carbons (Fsp3) is 0.143. The van der Waals surface area contributed by atoms with Gasteiger partial charge in [-0.3, -0.25) is 0 Å². The van der Waals surface area contributed by atoms with Crippen molar-refractivity contribution in [1.29, 1.82) is 0 Å². The minimum absolute atomic E-state index is 0.0300. The van der Waals surface area contributed by atoms with Crippen molar-refractivity contribution >= 4 is 38.5 Å². The monoisotopic (exact) mass is 506 g/mol. The van der Waals surface area contributed by atoms with E-state index in [0.717, 1.165) is 15.8 Å². The Morgan fingerprint density at radius 1 is 1.03 bits per heavy atom. The lowest BCUT2D eigenvalue weighted by molar-refractivity contribution is 0.348. The molecule has 1 aromatic heterocycles. The third-order valence-corrected chi connectivity index (χ3v) is 7.70. The minimum atomic E-state index is -3.67. The predicted molar refractivity (Wildman–Crippen MR) is 126 cm³/mol. The molecule has 2 aromatic carbocycles. The van der Waals surface area contributed by atoms with Crippen molar-refractivity contribution in [3.05, 3.63) is 76.9 Å². The SMILES string of the molecule is COc1cc(OC)nc(Oc2ccccc2C2=CNN(S(=O)(=O)Cc3ccc(Cl)cc3)S2)n1. The molecule has 3 aromatic rings. The van der Waals surface area contributed by atoms with Crippen LogP contribution in [0.4, 0.5) is 0 Å². The van der Waals surface area contributed by atoms with Crippen LogP contribution in [0.25, 0.3) is 4.91 Å². The van der Waals surface area contributed by atoms with Crippen molar-refractivity contribution in [2.75, 3.05) is 14.2 Å². The van der Waals surface area contributed by atoms with Gasteiger partial charge in [0.05, 0.1) is 30.9 Å². The Kier molecular flexibility index (Phi) is 6.94. The summed E-state index contributed by atoms with van der Waals surface area (Å²) in [7, 11) is -0.712. The Hall–Kier alpha value is -2.99. The van der Waals surface area contributed by atoms with Crippen LogP contribution in [0.5, 0.6) is 23.5 Å². The molecular formula is C21H19ClN4O5S2. The molecule has 9 nitrogen and oxygen atoms in total. The summed E-state index contributed by atoms with van der Waals surface area (Å²) < 4.78 is 43.1. The number of hydrogen-bond acceptors (Lipinski definition) is 9. The van der Waals surface area contributed by atoms with Gasteiger partial charge in [0.2, 0.25) is 21.8 Å². The molecule has 0 radical (unpaired) electrons. The van der Waals surface area contributed by atoms with Gasteiger partial charge in [-0.1, -0.05) is 39.7 Å². The smallest absolute Gasteiger partial charge is 0.328 e. The zero-order valence-corrected chi connectivity index (χ0v) is 19.9. The van der Waals surface area contributed by atoms with E-state index in [1.54, 1.807) is 42.6 Å². The Labute approximate surface area is 200 Å². The maximum atomic E-state index is 12.9. The molecule has 0 atom stereocenters. The van der Waals surface area contributed by atoms with Crippen molar-refractivity contribution < 1.29 is 22.6 Å². The molecule has 172 valence electrons.